The molecule has 1 aliphatic heterocycles. The minimum atomic E-state index is -0.407. The number of amides is 1. The number of benzene rings is 1. The van der Waals surface area contributed by atoms with Crippen molar-refractivity contribution in [2.75, 3.05) is 39.8 Å². The van der Waals surface area contributed by atoms with Gasteiger partial charge in [-0.05, 0) is 57.3 Å². The van der Waals surface area contributed by atoms with Crippen LogP contribution in [0.25, 0.3) is 0 Å². The molecule has 0 radical (unpaired) electrons. The van der Waals surface area contributed by atoms with Crippen molar-refractivity contribution in [2.24, 2.45) is 0 Å². The molecule has 1 aromatic carbocycles. The van der Waals surface area contributed by atoms with Crippen LogP contribution >= 0.6 is 0 Å². The van der Waals surface area contributed by atoms with Crippen LogP contribution in [0, 0.1) is 13.8 Å². The normalized spacial score (nSPS) is 15.2. The van der Waals surface area contributed by atoms with Crippen molar-refractivity contribution in [1.29, 1.82) is 0 Å². The van der Waals surface area contributed by atoms with Crippen molar-refractivity contribution in [1.82, 2.24) is 14.8 Å². The molecule has 1 N–H and O–H groups in total. The zero-order chi connectivity index (χ0) is 20.8. The molecule has 0 saturated carbocycles. The highest BCUT2D eigenvalue weighted by atomic mass is 16.5. The van der Waals surface area contributed by atoms with Gasteiger partial charge in [0.1, 0.15) is 5.69 Å². The molecule has 2 heterocycles. The Bertz CT molecular complexity index is 845. The second kappa shape index (κ2) is 9.74. The van der Waals surface area contributed by atoms with Gasteiger partial charge in [0.15, 0.2) is 0 Å². The molecule has 6 heteroatoms. The van der Waals surface area contributed by atoms with Gasteiger partial charge in [0.05, 0.1) is 12.7 Å². The van der Waals surface area contributed by atoms with Crippen LogP contribution in [0.1, 0.15) is 50.5 Å². The maximum absolute atomic E-state index is 13.1. The number of esters is 1. The number of hydrogen-bond donors (Lipinski definition) is 1. The predicted octanol–water partition coefficient (Wildman–Crippen LogP) is 3.20. The third-order valence-corrected chi connectivity index (χ3v) is 5.70. The first-order valence-corrected chi connectivity index (χ1v) is 10.3. The van der Waals surface area contributed by atoms with Crippen LogP contribution in [-0.2, 0) is 11.2 Å². The Morgan fingerprint density at radius 2 is 1.83 bits per heavy atom. The molecule has 1 fully saturated rings. The monoisotopic (exact) mass is 397 g/mol. The van der Waals surface area contributed by atoms with Crippen LogP contribution in [0.4, 0.5) is 0 Å². The summed E-state index contributed by atoms with van der Waals surface area (Å²) in [5.74, 6) is -0.442. The molecule has 29 heavy (non-hydrogen) atoms. The van der Waals surface area contributed by atoms with E-state index in [9.17, 15) is 9.59 Å². The van der Waals surface area contributed by atoms with Crippen molar-refractivity contribution in [3.05, 3.63) is 58.4 Å². The fraction of sp³-hybridized carbons (Fsp3) is 0.478. The van der Waals surface area contributed by atoms with Crippen LogP contribution < -0.4 is 0 Å². The Hall–Kier alpha value is -2.60. The van der Waals surface area contributed by atoms with Gasteiger partial charge in [-0.2, -0.15) is 0 Å². The summed E-state index contributed by atoms with van der Waals surface area (Å²) in [7, 11) is 1.36. The van der Waals surface area contributed by atoms with Crippen LogP contribution in [0.2, 0.25) is 0 Å². The SMILES string of the molecule is COC(=O)c1c(C)[nH]c(C(=O)N2CCCN(CCCc3ccccc3)CC2)c1C. The van der Waals surface area contributed by atoms with Crippen LogP contribution in [0.5, 0.6) is 0 Å². The molecule has 0 atom stereocenters. The number of nitrogens with one attached hydrogen (secondary N) is 1. The van der Waals surface area contributed by atoms with E-state index in [-0.39, 0.29) is 5.91 Å². The van der Waals surface area contributed by atoms with Crippen molar-refractivity contribution in [3.63, 3.8) is 0 Å². The highest BCUT2D eigenvalue weighted by molar-refractivity contribution is 6.00. The van der Waals surface area contributed by atoms with Gasteiger partial charge in [0.25, 0.3) is 5.91 Å². The zero-order valence-electron chi connectivity index (χ0n) is 17.7. The van der Waals surface area contributed by atoms with Crippen LogP contribution in [0.3, 0.4) is 0 Å². The molecule has 1 aliphatic rings. The van der Waals surface area contributed by atoms with Crippen molar-refractivity contribution in [2.45, 2.75) is 33.1 Å². The summed E-state index contributed by atoms with van der Waals surface area (Å²) in [5, 5.41) is 0. The fourth-order valence-corrected chi connectivity index (χ4v) is 4.08. The molecule has 2 aromatic rings. The summed E-state index contributed by atoms with van der Waals surface area (Å²) in [6, 6.07) is 10.6. The molecule has 156 valence electrons. The lowest BCUT2D eigenvalue weighted by Crippen LogP contribution is -2.36. The number of rotatable bonds is 6. The van der Waals surface area contributed by atoms with Crippen molar-refractivity contribution in [3.8, 4) is 0 Å². The Morgan fingerprint density at radius 1 is 1.07 bits per heavy atom. The highest BCUT2D eigenvalue weighted by Crippen LogP contribution is 2.21. The average molecular weight is 398 g/mol. The van der Waals surface area contributed by atoms with Crippen molar-refractivity contribution >= 4 is 11.9 Å². The van der Waals surface area contributed by atoms with Crippen LogP contribution in [-0.4, -0.2) is 66.5 Å². The predicted molar refractivity (Wildman–Crippen MR) is 113 cm³/mol. The van der Waals surface area contributed by atoms with Gasteiger partial charge in [-0.3, -0.25) is 4.79 Å². The first-order chi connectivity index (χ1) is 14.0. The molecule has 0 aliphatic carbocycles. The fourth-order valence-electron chi connectivity index (χ4n) is 4.08. The number of H-pyrrole nitrogens is 1. The minimum Gasteiger partial charge on any atom is -0.465 e. The highest BCUT2D eigenvalue weighted by Gasteiger charge is 2.26. The molecule has 0 unspecified atom stereocenters. The number of carbonyl (C=O) groups is 2. The number of methoxy groups -OCH3 is 1. The van der Waals surface area contributed by atoms with E-state index in [4.69, 9.17) is 4.74 Å². The summed E-state index contributed by atoms with van der Waals surface area (Å²) >= 11 is 0. The Labute approximate surface area is 172 Å². The summed E-state index contributed by atoms with van der Waals surface area (Å²) < 4.78 is 4.85. The van der Waals surface area contributed by atoms with Gasteiger partial charge >= 0.3 is 5.97 Å². The molecule has 1 aromatic heterocycles. The van der Waals surface area contributed by atoms with E-state index in [0.717, 1.165) is 45.4 Å². The number of ether oxygens (including phenoxy) is 1. The number of carbonyl (C=O) groups excluding carboxylic acids is 2. The van der Waals surface area contributed by atoms with Gasteiger partial charge in [-0.1, -0.05) is 30.3 Å². The number of hydrogen-bond acceptors (Lipinski definition) is 4. The van der Waals surface area contributed by atoms with Gasteiger partial charge in [-0.25, -0.2) is 4.79 Å². The lowest BCUT2D eigenvalue weighted by Gasteiger charge is -2.22. The lowest BCUT2D eigenvalue weighted by atomic mass is 10.1. The van der Waals surface area contributed by atoms with Gasteiger partial charge < -0.3 is 19.5 Å². The first kappa shape index (κ1) is 21.1. The summed E-state index contributed by atoms with van der Waals surface area (Å²) in [6.07, 6.45) is 3.16. The maximum atomic E-state index is 13.1. The molecule has 0 bridgehead atoms. The number of aromatic nitrogens is 1. The second-order valence-electron chi connectivity index (χ2n) is 7.69. The molecule has 1 saturated heterocycles. The van der Waals surface area contributed by atoms with Crippen LogP contribution in [0.15, 0.2) is 30.3 Å². The molecular formula is C23H31N3O3. The number of aromatic amines is 1. The molecule has 3 rings (SSSR count). The van der Waals surface area contributed by atoms with E-state index in [1.807, 2.05) is 11.0 Å². The quantitative estimate of drug-likeness (QED) is 0.761. The van der Waals surface area contributed by atoms with Gasteiger partial charge in [-0.15, -0.1) is 0 Å². The van der Waals surface area contributed by atoms with E-state index in [2.05, 4.69) is 34.1 Å². The molecule has 1 amide bonds. The molecule has 6 nitrogen and oxygen atoms in total. The lowest BCUT2D eigenvalue weighted by molar-refractivity contribution is 0.0599. The van der Waals surface area contributed by atoms with E-state index >= 15 is 0 Å². The van der Waals surface area contributed by atoms with E-state index in [0.29, 0.717) is 29.1 Å². The van der Waals surface area contributed by atoms with Crippen molar-refractivity contribution < 1.29 is 14.3 Å². The average Bonchev–Trinajstić information content (AvgIpc) is 2.89. The van der Waals surface area contributed by atoms with Gasteiger partial charge in [0.2, 0.25) is 0 Å². The third-order valence-electron chi connectivity index (χ3n) is 5.70. The van der Waals surface area contributed by atoms with E-state index < -0.39 is 5.97 Å². The zero-order valence-corrected chi connectivity index (χ0v) is 17.7. The number of aryl methyl sites for hydroxylation is 2. The Kier molecular flexibility index (Phi) is 7.09. The Balaban J connectivity index is 1.56. The third kappa shape index (κ3) is 5.07. The van der Waals surface area contributed by atoms with E-state index in [1.54, 1.807) is 13.8 Å². The van der Waals surface area contributed by atoms with Gasteiger partial charge in [0, 0.05) is 25.3 Å². The maximum Gasteiger partial charge on any atom is 0.339 e. The summed E-state index contributed by atoms with van der Waals surface area (Å²) in [6.45, 7) is 7.97. The summed E-state index contributed by atoms with van der Waals surface area (Å²) in [5.41, 5.74) is 3.69. The minimum absolute atomic E-state index is 0.0353. The molecular weight excluding hydrogens is 366 g/mol. The second-order valence-corrected chi connectivity index (χ2v) is 7.69. The first-order valence-electron chi connectivity index (χ1n) is 10.3. The standard InChI is InChI=1S/C23H31N3O3/c1-17-20(23(28)29-3)18(2)24-21(17)22(27)26-14-8-13-25(15-16-26)12-7-11-19-9-5-4-6-10-19/h4-6,9-10,24H,7-8,11-16H2,1-3H3. The molecule has 0 spiro atoms. The summed E-state index contributed by atoms with van der Waals surface area (Å²) in [4.78, 5) is 32.5. The smallest absolute Gasteiger partial charge is 0.339 e. The topological polar surface area (TPSA) is 65.6 Å². The number of nitrogens with zero attached hydrogens (tertiary/aromatic N) is 2. The van der Waals surface area contributed by atoms with E-state index in [1.165, 1.54) is 12.7 Å². The Morgan fingerprint density at radius 3 is 2.55 bits per heavy atom. The largest absolute Gasteiger partial charge is 0.465 e.